The van der Waals surface area contributed by atoms with E-state index in [-0.39, 0.29) is 5.56 Å². The number of H-pyrrole nitrogens is 1. The summed E-state index contributed by atoms with van der Waals surface area (Å²) in [5.74, 6) is 2.06. The number of aromatic amines is 1. The molecular weight excluding hydrogens is 216 g/mol. The van der Waals surface area contributed by atoms with Crippen LogP contribution in [0.5, 0.6) is 0 Å². The van der Waals surface area contributed by atoms with Crippen LogP contribution in [0.2, 0.25) is 0 Å². The number of hydrogen-bond donors (Lipinski definition) is 1. The fourth-order valence-corrected chi connectivity index (χ4v) is 2.75. The first-order chi connectivity index (χ1) is 8.25. The Balaban J connectivity index is 2.13. The maximum absolute atomic E-state index is 11.4. The van der Waals surface area contributed by atoms with Gasteiger partial charge in [0.1, 0.15) is 5.82 Å². The minimum Gasteiger partial charge on any atom is -0.291 e. The number of aryl methyl sites for hydroxylation is 1. The van der Waals surface area contributed by atoms with Gasteiger partial charge in [0.2, 0.25) is 5.78 Å². The molecule has 90 valence electrons. The second-order valence-corrected chi connectivity index (χ2v) is 4.83. The summed E-state index contributed by atoms with van der Waals surface area (Å²) < 4.78 is 1.98. The lowest BCUT2D eigenvalue weighted by atomic mass is 9.89. The SMILES string of the molecule is Cc1cc(=O)[nH]c2nnc(C3CCCCC3)n12. The molecule has 2 aromatic rings. The zero-order valence-corrected chi connectivity index (χ0v) is 9.94. The van der Waals surface area contributed by atoms with E-state index in [9.17, 15) is 4.79 Å². The molecule has 0 bridgehead atoms. The van der Waals surface area contributed by atoms with Crippen molar-refractivity contribution in [2.24, 2.45) is 0 Å². The van der Waals surface area contributed by atoms with E-state index >= 15 is 0 Å². The third-order valence-electron chi connectivity index (χ3n) is 3.59. The molecule has 0 atom stereocenters. The average molecular weight is 232 g/mol. The van der Waals surface area contributed by atoms with Crippen molar-refractivity contribution in [2.75, 3.05) is 0 Å². The predicted molar refractivity (Wildman–Crippen MR) is 64.2 cm³/mol. The number of fused-ring (bicyclic) bond motifs is 1. The number of aromatic nitrogens is 4. The second-order valence-electron chi connectivity index (χ2n) is 4.83. The van der Waals surface area contributed by atoms with Crippen molar-refractivity contribution in [3.63, 3.8) is 0 Å². The number of hydrogen-bond acceptors (Lipinski definition) is 3. The van der Waals surface area contributed by atoms with Gasteiger partial charge in [0.15, 0.2) is 0 Å². The Kier molecular flexibility index (Phi) is 2.46. The largest absolute Gasteiger partial charge is 0.291 e. The van der Waals surface area contributed by atoms with E-state index < -0.39 is 0 Å². The normalized spacial score (nSPS) is 17.7. The van der Waals surface area contributed by atoms with Gasteiger partial charge in [-0.2, -0.15) is 0 Å². The van der Waals surface area contributed by atoms with Gasteiger partial charge >= 0.3 is 0 Å². The summed E-state index contributed by atoms with van der Waals surface area (Å²) in [6, 6.07) is 1.60. The van der Waals surface area contributed by atoms with Crippen LogP contribution in [0.3, 0.4) is 0 Å². The van der Waals surface area contributed by atoms with Crippen LogP contribution >= 0.6 is 0 Å². The predicted octanol–water partition coefficient (Wildman–Crippen LogP) is 1.77. The van der Waals surface area contributed by atoms with E-state index in [0.29, 0.717) is 11.7 Å². The molecule has 2 aromatic heterocycles. The van der Waals surface area contributed by atoms with E-state index in [1.807, 2.05) is 11.3 Å². The standard InChI is InChI=1S/C12H16N4O/c1-8-7-10(17)13-12-15-14-11(16(8)12)9-5-3-2-4-6-9/h7,9H,2-6H2,1H3,(H,13,15,17). The van der Waals surface area contributed by atoms with Gasteiger partial charge < -0.3 is 0 Å². The summed E-state index contributed by atoms with van der Waals surface area (Å²) >= 11 is 0. The number of rotatable bonds is 1. The van der Waals surface area contributed by atoms with Crippen molar-refractivity contribution in [1.82, 2.24) is 19.6 Å². The lowest BCUT2D eigenvalue weighted by molar-refractivity contribution is 0.425. The van der Waals surface area contributed by atoms with Crippen molar-refractivity contribution in [1.29, 1.82) is 0 Å². The monoisotopic (exact) mass is 232 g/mol. The Morgan fingerprint density at radius 3 is 2.82 bits per heavy atom. The molecule has 1 aliphatic rings. The first-order valence-corrected chi connectivity index (χ1v) is 6.20. The summed E-state index contributed by atoms with van der Waals surface area (Å²) in [6.45, 7) is 1.93. The number of nitrogens with zero attached hydrogens (tertiary/aromatic N) is 3. The van der Waals surface area contributed by atoms with Crippen molar-refractivity contribution < 1.29 is 0 Å². The number of nitrogens with one attached hydrogen (secondary N) is 1. The van der Waals surface area contributed by atoms with Crippen LogP contribution in [0.25, 0.3) is 5.78 Å². The molecule has 1 saturated carbocycles. The Labute approximate surface area is 98.9 Å². The summed E-state index contributed by atoms with van der Waals surface area (Å²) in [7, 11) is 0. The van der Waals surface area contributed by atoms with Gasteiger partial charge in [0, 0.05) is 17.7 Å². The highest BCUT2D eigenvalue weighted by molar-refractivity contribution is 5.30. The maximum atomic E-state index is 11.4. The topological polar surface area (TPSA) is 63.0 Å². The lowest BCUT2D eigenvalue weighted by Gasteiger charge is -2.20. The lowest BCUT2D eigenvalue weighted by Crippen LogP contribution is -2.13. The molecule has 0 unspecified atom stereocenters. The van der Waals surface area contributed by atoms with E-state index in [0.717, 1.165) is 11.5 Å². The molecule has 5 heteroatoms. The van der Waals surface area contributed by atoms with E-state index in [2.05, 4.69) is 15.2 Å². The molecule has 17 heavy (non-hydrogen) atoms. The van der Waals surface area contributed by atoms with Gasteiger partial charge in [-0.05, 0) is 19.8 Å². The van der Waals surface area contributed by atoms with Crippen LogP contribution in [0.1, 0.15) is 49.5 Å². The zero-order chi connectivity index (χ0) is 11.8. The van der Waals surface area contributed by atoms with Crippen LogP contribution in [0.4, 0.5) is 0 Å². The van der Waals surface area contributed by atoms with E-state index in [4.69, 9.17) is 0 Å². The minimum atomic E-state index is -0.113. The average Bonchev–Trinajstić information content (AvgIpc) is 2.74. The van der Waals surface area contributed by atoms with Gasteiger partial charge in [0.05, 0.1) is 0 Å². The molecule has 0 saturated heterocycles. The van der Waals surface area contributed by atoms with Gasteiger partial charge in [-0.25, -0.2) is 0 Å². The molecule has 0 spiro atoms. The highest BCUT2D eigenvalue weighted by Gasteiger charge is 2.21. The molecule has 0 aliphatic heterocycles. The Bertz CT molecular complexity index is 592. The zero-order valence-electron chi connectivity index (χ0n) is 9.94. The third-order valence-corrected chi connectivity index (χ3v) is 3.59. The maximum Gasteiger partial charge on any atom is 0.252 e. The van der Waals surface area contributed by atoms with Gasteiger partial charge in [-0.1, -0.05) is 19.3 Å². The van der Waals surface area contributed by atoms with Gasteiger partial charge in [0.25, 0.3) is 5.56 Å². The molecule has 1 fully saturated rings. The molecule has 2 heterocycles. The molecule has 5 nitrogen and oxygen atoms in total. The van der Waals surface area contributed by atoms with Crippen molar-refractivity contribution in [3.8, 4) is 0 Å². The first-order valence-electron chi connectivity index (χ1n) is 6.20. The summed E-state index contributed by atoms with van der Waals surface area (Å²) in [6.07, 6.45) is 6.21. The Morgan fingerprint density at radius 1 is 1.29 bits per heavy atom. The summed E-state index contributed by atoms with van der Waals surface area (Å²) in [4.78, 5) is 14.1. The molecule has 0 amide bonds. The first kappa shape index (κ1) is 10.5. The van der Waals surface area contributed by atoms with Crippen molar-refractivity contribution in [2.45, 2.75) is 44.9 Å². The summed E-state index contributed by atoms with van der Waals surface area (Å²) in [5, 5.41) is 8.34. The second kappa shape index (κ2) is 3.98. The van der Waals surface area contributed by atoms with E-state index in [1.165, 1.54) is 32.1 Å². The smallest absolute Gasteiger partial charge is 0.252 e. The van der Waals surface area contributed by atoms with Crippen LogP contribution in [0.15, 0.2) is 10.9 Å². The molecule has 0 aromatic carbocycles. The molecular formula is C12H16N4O. The molecule has 0 radical (unpaired) electrons. The fraction of sp³-hybridized carbons (Fsp3) is 0.583. The quantitative estimate of drug-likeness (QED) is 0.815. The molecule has 1 N–H and O–H groups in total. The highest BCUT2D eigenvalue weighted by Crippen LogP contribution is 2.31. The van der Waals surface area contributed by atoms with Crippen molar-refractivity contribution in [3.05, 3.63) is 27.9 Å². The Morgan fingerprint density at radius 2 is 2.06 bits per heavy atom. The van der Waals surface area contributed by atoms with E-state index in [1.54, 1.807) is 6.07 Å². The van der Waals surface area contributed by atoms with Crippen LogP contribution < -0.4 is 5.56 Å². The van der Waals surface area contributed by atoms with Gasteiger partial charge in [-0.15, -0.1) is 10.2 Å². The van der Waals surface area contributed by atoms with Crippen LogP contribution in [-0.4, -0.2) is 19.6 Å². The molecule has 3 rings (SSSR count). The van der Waals surface area contributed by atoms with Crippen LogP contribution in [0, 0.1) is 6.92 Å². The summed E-state index contributed by atoms with van der Waals surface area (Å²) in [5.41, 5.74) is 0.798. The minimum absolute atomic E-state index is 0.113. The van der Waals surface area contributed by atoms with Gasteiger partial charge in [-0.3, -0.25) is 14.2 Å². The molecule has 1 aliphatic carbocycles. The van der Waals surface area contributed by atoms with Crippen LogP contribution in [-0.2, 0) is 0 Å². The highest BCUT2D eigenvalue weighted by atomic mass is 16.1. The Hall–Kier alpha value is -1.65. The third kappa shape index (κ3) is 1.75. The fourth-order valence-electron chi connectivity index (χ4n) is 2.75. The van der Waals surface area contributed by atoms with Crippen molar-refractivity contribution >= 4 is 5.78 Å².